The molecule has 0 aliphatic rings. The van der Waals surface area contributed by atoms with Gasteiger partial charge in [-0.3, -0.25) is 9.36 Å². The molecular formula is C22H16ClFN4O3S. The Morgan fingerprint density at radius 1 is 1.09 bits per heavy atom. The number of benzene rings is 2. The highest BCUT2D eigenvalue weighted by atomic mass is 35.5. The van der Waals surface area contributed by atoms with Gasteiger partial charge in [0.1, 0.15) is 16.3 Å². The molecule has 32 heavy (non-hydrogen) atoms. The number of fused-ring (bicyclic) bond motifs is 3. The van der Waals surface area contributed by atoms with Crippen LogP contribution >= 0.6 is 22.9 Å². The van der Waals surface area contributed by atoms with Crippen molar-refractivity contribution in [1.82, 2.24) is 18.7 Å². The van der Waals surface area contributed by atoms with E-state index in [0.717, 1.165) is 10.2 Å². The third kappa shape index (κ3) is 3.21. The minimum Gasteiger partial charge on any atom is -0.496 e. The van der Waals surface area contributed by atoms with Crippen molar-refractivity contribution in [2.45, 2.75) is 13.1 Å². The Kier molecular flexibility index (Phi) is 5.07. The highest BCUT2D eigenvalue weighted by Crippen LogP contribution is 2.23. The fourth-order valence-electron chi connectivity index (χ4n) is 3.72. The average Bonchev–Trinajstić information content (AvgIpc) is 3.39. The summed E-state index contributed by atoms with van der Waals surface area (Å²) in [6, 6.07) is 13.3. The molecule has 0 aliphatic heterocycles. The molecule has 0 aliphatic carbocycles. The predicted octanol–water partition coefficient (Wildman–Crippen LogP) is 3.77. The van der Waals surface area contributed by atoms with Crippen molar-refractivity contribution < 1.29 is 9.13 Å². The maximum absolute atomic E-state index is 14.3. The number of hydrogen-bond donors (Lipinski definition) is 0. The van der Waals surface area contributed by atoms with Gasteiger partial charge in [-0.1, -0.05) is 35.9 Å². The van der Waals surface area contributed by atoms with Crippen molar-refractivity contribution in [2.24, 2.45) is 0 Å². The summed E-state index contributed by atoms with van der Waals surface area (Å²) in [4.78, 5) is 26.6. The van der Waals surface area contributed by atoms with Gasteiger partial charge in [-0.25, -0.2) is 18.3 Å². The van der Waals surface area contributed by atoms with E-state index in [1.807, 2.05) is 18.2 Å². The SMILES string of the molecule is COc1ccccc1Cn1c(=O)c2sccc2n2c(=O)n(Cc3c(F)cccc3Cl)nc12. The van der Waals surface area contributed by atoms with Crippen LogP contribution in [0.15, 0.2) is 63.5 Å². The lowest BCUT2D eigenvalue weighted by atomic mass is 10.2. The van der Waals surface area contributed by atoms with E-state index in [-0.39, 0.29) is 35.0 Å². The zero-order chi connectivity index (χ0) is 22.4. The quantitative estimate of drug-likeness (QED) is 0.392. The van der Waals surface area contributed by atoms with Crippen molar-refractivity contribution in [1.29, 1.82) is 0 Å². The maximum atomic E-state index is 14.3. The van der Waals surface area contributed by atoms with E-state index in [4.69, 9.17) is 16.3 Å². The number of aromatic nitrogens is 4. The Bertz CT molecular complexity index is 1580. The molecule has 10 heteroatoms. The van der Waals surface area contributed by atoms with Crippen LogP contribution in [-0.2, 0) is 13.1 Å². The molecule has 0 amide bonds. The second-order valence-electron chi connectivity index (χ2n) is 7.11. The first kappa shape index (κ1) is 20.5. The van der Waals surface area contributed by atoms with Crippen LogP contribution in [0.4, 0.5) is 4.39 Å². The van der Waals surface area contributed by atoms with E-state index in [0.29, 0.717) is 16.0 Å². The molecule has 7 nitrogen and oxygen atoms in total. The summed E-state index contributed by atoms with van der Waals surface area (Å²) in [5.41, 5.74) is 0.613. The number of ether oxygens (including phenoxy) is 1. The van der Waals surface area contributed by atoms with Crippen molar-refractivity contribution >= 4 is 38.9 Å². The van der Waals surface area contributed by atoms with E-state index in [2.05, 4.69) is 5.10 Å². The molecule has 5 rings (SSSR count). The molecule has 3 aromatic heterocycles. The molecule has 0 unspecified atom stereocenters. The molecular weight excluding hydrogens is 455 g/mol. The molecule has 5 aromatic rings. The number of halogens is 2. The lowest BCUT2D eigenvalue weighted by Crippen LogP contribution is -2.26. The van der Waals surface area contributed by atoms with Gasteiger partial charge in [0.15, 0.2) is 0 Å². The third-order valence-corrected chi connectivity index (χ3v) is 6.52. The summed E-state index contributed by atoms with van der Waals surface area (Å²) >= 11 is 7.40. The zero-order valence-electron chi connectivity index (χ0n) is 16.8. The molecule has 0 N–H and O–H groups in total. The number of nitrogens with zero attached hydrogens (tertiary/aromatic N) is 4. The van der Waals surface area contributed by atoms with Crippen molar-refractivity contribution in [3.63, 3.8) is 0 Å². The van der Waals surface area contributed by atoms with Crippen LogP contribution in [0.5, 0.6) is 5.75 Å². The molecule has 0 fully saturated rings. The van der Waals surface area contributed by atoms with E-state index in [9.17, 15) is 14.0 Å². The summed E-state index contributed by atoms with van der Waals surface area (Å²) in [5, 5.41) is 6.34. The van der Waals surface area contributed by atoms with Gasteiger partial charge in [0.2, 0.25) is 5.78 Å². The highest BCUT2D eigenvalue weighted by molar-refractivity contribution is 7.17. The lowest BCUT2D eigenvalue weighted by molar-refractivity contribution is 0.408. The minimum atomic E-state index is -0.534. The van der Waals surface area contributed by atoms with E-state index >= 15 is 0 Å². The minimum absolute atomic E-state index is 0.150. The summed E-state index contributed by atoms with van der Waals surface area (Å²) in [7, 11) is 1.55. The van der Waals surface area contributed by atoms with Gasteiger partial charge in [-0.05, 0) is 29.6 Å². The molecule has 2 aromatic carbocycles. The molecule has 0 atom stereocenters. The van der Waals surface area contributed by atoms with E-state index in [1.54, 1.807) is 30.7 Å². The number of rotatable bonds is 5. The van der Waals surface area contributed by atoms with Crippen LogP contribution in [0.25, 0.3) is 16.0 Å². The Balaban J connectivity index is 1.75. The van der Waals surface area contributed by atoms with Crippen LogP contribution in [0.1, 0.15) is 11.1 Å². The number of thiophene rings is 1. The first-order valence-electron chi connectivity index (χ1n) is 9.64. The number of para-hydroxylation sites is 1. The van der Waals surface area contributed by atoms with Gasteiger partial charge in [0, 0.05) is 16.1 Å². The Morgan fingerprint density at radius 2 is 1.91 bits per heavy atom. The van der Waals surface area contributed by atoms with Crippen LogP contribution in [-0.4, -0.2) is 25.9 Å². The largest absolute Gasteiger partial charge is 0.496 e. The number of hydrogen-bond acceptors (Lipinski definition) is 5. The summed E-state index contributed by atoms with van der Waals surface area (Å²) in [6.45, 7) is -0.0163. The summed E-state index contributed by atoms with van der Waals surface area (Å²) in [5.74, 6) is 0.238. The van der Waals surface area contributed by atoms with E-state index in [1.165, 1.54) is 32.4 Å². The molecule has 0 bridgehead atoms. The Morgan fingerprint density at radius 3 is 2.69 bits per heavy atom. The summed E-state index contributed by atoms with van der Waals surface area (Å²) < 4.78 is 24.1. The van der Waals surface area contributed by atoms with Crippen molar-refractivity contribution in [3.05, 3.63) is 96.7 Å². The van der Waals surface area contributed by atoms with Gasteiger partial charge in [-0.2, -0.15) is 0 Å². The fourth-order valence-corrected chi connectivity index (χ4v) is 4.76. The van der Waals surface area contributed by atoms with Crippen LogP contribution < -0.4 is 16.0 Å². The first-order valence-corrected chi connectivity index (χ1v) is 10.9. The monoisotopic (exact) mass is 470 g/mol. The van der Waals surface area contributed by atoms with Gasteiger partial charge < -0.3 is 4.74 Å². The van der Waals surface area contributed by atoms with Gasteiger partial charge >= 0.3 is 5.69 Å². The van der Waals surface area contributed by atoms with Gasteiger partial charge in [0.25, 0.3) is 5.56 Å². The van der Waals surface area contributed by atoms with Crippen LogP contribution in [0.3, 0.4) is 0 Å². The average molecular weight is 471 g/mol. The molecule has 0 saturated carbocycles. The van der Waals surface area contributed by atoms with Gasteiger partial charge in [0.05, 0.1) is 25.7 Å². The normalized spacial score (nSPS) is 11.5. The van der Waals surface area contributed by atoms with Crippen LogP contribution in [0, 0.1) is 5.82 Å². The fraction of sp³-hybridized carbons (Fsp3) is 0.136. The topological polar surface area (TPSA) is 70.5 Å². The standard InChI is InChI=1S/C22H16ClFN4O3S/c1-31-18-8-3-2-5-13(18)11-26-20(29)19-17(9-10-32-19)28-21(26)25-27(22(28)30)12-14-15(23)6-4-7-16(14)24/h2-10H,11-12H2,1H3. The molecule has 0 radical (unpaired) electrons. The Labute approximate surface area is 189 Å². The summed E-state index contributed by atoms with van der Waals surface area (Å²) in [6.07, 6.45) is 0. The van der Waals surface area contributed by atoms with Gasteiger partial charge in [-0.15, -0.1) is 16.4 Å². The zero-order valence-corrected chi connectivity index (χ0v) is 18.4. The lowest BCUT2D eigenvalue weighted by Gasteiger charge is -2.11. The van der Waals surface area contributed by atoms with Crippen LogP contribution in [0.2, 0.25) is 5.02 Å². The second-order valence-corrected chi connectivity index (χ2v) is 8.44. The molecule has 3 heterocycles. The highest BCUT2D eigenvalue weighted by Gasteiger charge is 2.20. The first-order chi connectivity index (χ1) is 15.5. The second kappa shape index (κ2) is 7.92. The number of methoxy groups -OCH3 is 1. The van der Waals surface area contributed by atoms with Crippen molar-refractivity contribution in [3.8, 4) is 5.75 Å². The van der Waals surface area contributed by atoms with E-state index < -0.39 is 11.5 Å². The van der Waals surface area contributed by atoms with Crippen molar-refractivity contribution in [2.75, 3.05) is 7.11 Å². The Hall–Kier alpha value is -3.43. The smallest absolute Gasteiger partial charge is 0.352 e. The molecule has 0 saturated heterocycles. The maximum Gasteiger partial charge on any atom is 0.352 e. The predicted molar refractivity (Wildman–Crippen MR) is 122 cm³/mol. The molecule has 162 valence electrons. The molecule has 0 spiro atoms. The third-order valence-electron chi connectivity index (χ3n) is 5.28.